The molecule has 0 aliphatic carbocycles. The molecule has 0 unspecified atom stereocenters. The van der Waals surface area contributed by atoms with Gasteiger partial charge in [0.15, 0.2) is 0 Å². The number of pyridine rings is 3. The normalized spacial score (nSPS) is 12.1. The lowest BCUT2D eigenvalue weighted by molar-refractivity contribution is 0.992. The van der Waals surface area contributed by atoms with Gasteiger partial charge in [0, 0.05) is 98.2 Å². The van der Waals surface area contributed by atoms with E-state index >= 15 is 4.79 Å². The Morgan fingerprint density at radius 2 is 0.740 bits per heavy atom. The van der Waals surface area contributed by atoms with E-state index in [-0.39, 0.29) is 11.1 Å². The van der Waals surface area contributed by atoms with Crippen molar-refractivity contribution >= 4 is 151 Å². The molecule has 0 bridgehead atoms. The van der Waals surface area contributed by atoms with E-state index in [9.17, 15) is 4.79 Å². The van der Waals surface area contributed by atoms with Crippen molar-refractivity contribution in [2.24, 2.45) is 0 Å². The summed E-state index contributed by atoms with van der Waals surface area (Å²) in [5.41, 5.74) is 16.6. The number of para-hydroxylation sites is 6. The molecule has 0 spiro atoms. The summed E-state index contributed by atoms with van der Waals surface area (Å²) in [6.07, 6.45) is 1.88. The minimum atomic E-state index is -0.137. The van der Waals surface area contributed by atoms with Crippen LogP contribution >= 0.6 is 11.3 Å². The highest BCUT2D eigenvalue weighted by atomic mass is 32.1. The fraction of sp³-hybridized carbons (Fsp3) is 0. The molecule has 8 heterocycles. The van der Waals surface area contributed by atoms with Gasteiger partial charge in [-0.25, -0.2) is 15.0 Å². The molecule has 0 fully saturated rings. The van der Waals surface area contributed by atoms with Gasteiger partial charge in [-0.3, -0.25) is 27.9 Å². The number of nitrogens with zero attached hydrogens (tertiary/aromatic N) is 8. The Hall–Kier alpha value is -13.9. The molecule has 0 saturated carbocycles. The van der Waals surface area contributed by atoms with Crippen LogP contribution < -0.4 is 11.1 Å². The van der Waals surface area contributed by atoms with Crippen molar-refractivity contribution < 1.29 is 0 Å². The van der Waals surface area contributed by atoms with Crippen molar-refractivity contribution in [2.45, 2.75) is 0 Å². The second kappa shape index (κ2) is 22.3. The molecule has 0 atom stereocenters. The van der Waals surface area contributed by atoms with Crippen LogP contribution in [-0.2, 0) is 0 Å². The summed E-state index contributed by atoms with van der Waals surface area (Å²) in [7, 11) is 0. The molecular formula is C93H54N8O2S. The molecule has 0 saturated heterocycles. The van der Waals surface area contributed by atoms with Gasteiger partial charge in [0.25, 0.3) is 11.1 Å². The number of benzene rings is 14. The highest BCUT2D eigenvalue weighted by molar-refractivity contribution is 7.27. The lowest BCUT2D eigenvalue weighted by Gasteiger charge is -2.18. The first-order valence-corrected chi connectivity index (χ1v) is 35.7. The Morgan fingerprint density at radius 3 is 1.41 bits per heavy atom. The van der Waals surface area contributed by atoms with Crippen molar-refractivity contribution in [1.29, 1.82) is 0 Å². The fourth-order valence-electron chi connectivity index (χ4n) is 16.8. The molecule has 104 heavy (non-hydrogen) atoms. The molecule has 484 valence electrons. The zero-order valence-electron chi connectivity index (χ0n) is 55.5. The van der Waals surface area contributed by atoms with Crippen molar-refractivity contribution in [3.05, 3.63) is 348 Å². The second-order valence-electron chi connectivity index (χ2n) is 26.9. The third kappa shape index (κ3) is 8.41. The van der Waals surface area contributed by atoms with Gasteiger partial charge < -0.3 is 4.57 Å². The topological polar surface area (TPSA) is 97.5 Å². The Bertz CT molecular complexity index is 7580. The first kappa shape index (κ1) is 58.0. The molecule has 0 aliphatic heterocycles. The fourth-order valence-corrected chi connectivity index (χ4v) is 18.0. The Kier molecular flexibility index (Phi) is 12.4. The molecule has 10 nitrogen and oxygen atoms in total. The van der Waals surface area contributed by atoms with Crippen molar-refractivity contribution in [1.82, 2.24) is 37.8 Å². The van der Waals surface area contributed by atoms with E-state index in [1.165, 1.54) is 21.0 Å². The predicted octanol–water partition coefficient (Wildman–Crippen LogP) is 22.6. The maximum atomic E-state index is 15.6. The van der Waals surface area contributed by atoms with Gasteiger partial charge in [-0.05, 0) is 142 Å². The summed E-state index contributed by atoms with van der Waals surface area (Å²) >= 11 is 1.78. The predicted molar refractivity (Wildman–Crippen MR) is 431 cm³/mol. The number of fused-ring (bicyclic) bond motifs is 22. The second-order valence-corrected chi connectivity index (χ2v) is 27.9. The number of aromatic nitrogens is 8. The average Bonchev–Trinajstić information content (AvgIpc) is 1.50. The van der Waals surface area contributed by atoms with Crippen LogP contribution in [0.15, 0.2) is 337 Å². The smallest absolute Gasteiger partial charge is 0.263 e. The maximum Gasteiger partial charge on any atom is 0.263 e. The monoisotopic (exact) mass is 1350 g/mol. The number of hydrogen-bond donors (Lipinski definition) is 0. The molecular weight excluding hydrogens is 1290 g/mol. The number of thiophene rings is 1. The van der Waals surface area contributed by atoms with E-state index in [2.05, 4.69) is 238 Å². The Morgan fingerprint density at radius 1 is 0.269 bits per heavy atom. The molecule has 22 rings (SSSR count). The standard InChI is InChI=1S/C93H54N8O2S/c102-91-68-32-11-10-31-67(68)87-89(99(91)61-26-8-3-9-27-61)86(56-22-4-1-5-23-56)95-93(96-87)101-79-38-20-15-33-69(79)84-66-47-42-57(52-73(66)85-70-34-16-21-39-82(70)104-90(85)88(84)101)55-40-45-62(46-41-55)98-77-36-18-14-30-65(77)75-54-94-83(53-74(75)92(98)103)100-78-37-19-13-29-64(78)72-51-59(44-49-81(72)100)58-43-48-80-71(50-58)63-28-12-17-35-76(63)97(80)60-24-6-2-7-25-60/h1-54H. The third-order valence-electron chi connectivity index (χ3n) is 21.4. The van der Waals surface area contributed by atoms with Crippen molar-refractivity contribution in [3.8, 4) is 62.3 Å². The third-order valence-corrected chi connectivity index (χ3v) is 22.5. The minimum Gasteiger partial charge on any atom is -0.309 e. The summed E-state index contributed by atoms with van der Waals surface area (Å²) in [4.78, 5) is 47.0. The van der Waals surface area contributed by atoms with Gasteiger partial charge in [0.1, 0.15) is 22.5 Å². The molecule has 8 aromatic heterocycles. The molecule has 0 radical (unpaired) electrons. The van der Waals surface area contributed by atoms with Crippen LogP contribution in [0.4, 0.5) is 0 Å². The lowest BCUT2D eigenvalue weighted by Crippen LogP contribution is -2.21. The van der Waals surface area contributed by atoms with E-state index < -0.39 is 0 Å². The first-order valence-electron chi connectivity index (χ1n) is 34.9. The van der Waals surface area contributed by atoms with E-state index in [1.54, 1.807) is 15.9 Å². The highest BCUT2D eigenvalue weighted by Crippen LogP contribution is 2.50. The van der Waals surface area contributed by atoms with E-state index in [0.717, 1.165) is 142 Å². The Balaban J connectivity index is 0.681. The van der Waals surface area contributed by atoms with Gasteiger partial charge in [0.2, 0.25) is 5.95 Å². The SMILES string of the molecule is O=c1c2cc(-n3c4ccccc4c4cc(-c5ccc6c(c5)c5ccccc5n6-c5ccccc5)ccc43)ncc2c2ccccc2n1-c1ccc(-c2ccc3c(c2)c2c4ccccc4sc2c2c3c3ccccc3n2-c2nc(-c3ccccc3)c3c(n2)c2ccccc2c(=O)n3-c2ccccc2)cc1. The molecule has 0 N–H and O–H groups in total. The van der Waals surface area contributed by atoms with Gasteiger partial charge in [-0.2, -0.15) is 0 Å². The summed E-state index contributed by atoms with van der Waals surface area (Å²) in [5, 5.41) is 14.9. The van der Waals surface area contributed by atoms with Crippen LogP contribution in [0, 0.1) is 0 Å². The van der Waals surface area contributed by atoms with Crippen LogP contribution in [0.3, 0.4) is 0 Å². The highest BCUT2D eigenvalue weighted by Gasteiger charge is 2.28. The van der Waals surface area contributed by atoms with Crippen LogP contribution in [0.5, 0.6) is 0 Å². The van der Waals surface area contributed by atoms with Gasteiger partial charge in [0.05, 0.1) is 48.7 Å². The van der Waals surface area contributed by atoms with Crippen LogP contribution in [0.25, 0.3) is 202 Å². The van der Waals surface area contributed by atoms with Crippen LogP contribution in [-0.4, -0.2) is 37.8 Å². The number of hydrogen-bond acceptors (Lipinski definition) is 6. The molecule has 11 heteroatoms. The van der Waals surface area contributed by atoms with Gasteiger partial charge in [-0.15, -0.1) is 11.3 Å². The first-order chi connectivity index (χ1) is 51.5. The molecule has 0 aliphatic rings. The summed E-state index contributed by atoms with van der Waals surface area (Å²) in [5.74, 6) is 1.17. The summed E-state index contributed by atoms with van der Waals surface area (Å²) in [6.45, 7) is 0. The minimum absolute atomic E-state index is 0.131. The van der Waals surface area contributed by atoms with Gasteiger partial charge in [-0.1, -0.05) is 212 Å². The molecule has 0 amide bonds. The quantitative estimate of drug-likeness (QED) is 0.141. The lowest BCUT2D eigenvalue weighted by atomic mass is 9.95. The van der Waals surface area contributed by atoms with Crippen molar-refractivity contribution in [3.63, 3.8) is 0 Å². The van der Waals surface area contributed by atoms with E-state index in [1.807, 2.05) is 108 Å². The van der Waals surface area contributed by atoms with Crippen LogP contribution in [0.1, 0.15) is 0 Å². The maximum absolute atomic E-state index is 15.6. The van der Waals surface area contributed by atoms with E-state index in [4.69, 9.17) is 15.0 Å². The van der Waals surface area contributed by atoms with Crippen LogP contribution in [0.2, 0.25) is 0 Å². The molecule has 14 aromatic carbocycles. The zero-order valence-corrected chi connectivity index (χ0v) is 56.3. The van der Waals surface area contributed by atoms with Crippen molar-refractivity contribution in [2.75, 3.05) is 0 Å². The largest absolute Gasteiger partial charge is 0.309 e. The van der Waals surface area contributed by atoms with E-state index in [0.29, 0.717) is 39.3 Å². The summed E-state index contributed by atoms with van der Waals surface area (Å²) < 4.78 is 12.7. The number of rotatable bonds is 8. The summed E-state index contributed by atoms with van der Waals surface area (Å²) in [6, 6.07) is 112. The van der Waals surface area contributed by atoms with Gasteiger partial charge >= 0.3 is 0 Å². The zero-order chi connectivity index (χ0) is 68.4. The Labute approximate surface area is 595 Å². The average molecular weight is 1350 g/mol. The molecule has 22 aromatic rings.